The highest BCUT2D eigenvalue weighted by Crippen LogP contribution is 2.46. The molecule has 1 unspecified atom stereocenters. The van der Waals surface area contributed by atoms with Crippen LogP contribution in [0.2, 0.25) is 0 Å². The molecule has 1 aliphatic carbocycles. The first-order valence-electron chi connectivity index (χ1n) is 13.8. The lowest BCUT2D eigenvalue weighted by Crippen LogP contribution is -2.48. The molecular weight excluding hydrogens is 501 g/mol. The standard InChI is InChI=1S/C31H37F3N4O/c1-5-7-28-25-8-6-9-26(25)30(22-12-19(2)13-24(15-22)39-4)36-38(28)29-16-23(10-11-27(29)31(32,33)34)37-17-21(18-37)14-20(3)35/h7,10-13,15-16,20-21H,5-6,8-9,14,17-18,35H2,1-4H3/b28-7+. The molecular formula is C31H37F3N4O. The van der Waals surface area contributed by atoms with Gasteiger partial charge >= 0.3 is 6.18 Å². The zero-order chi connectivity index (χ0) is 27.9. The van der Waals surface area contributed by atoms with Crippen LogP contribution in [0.3, 0.4) is 0 Å². The van der Waals surface area contributed by atoms with Crippen LogP contribution < -0.4 is 20.4 Å². The van der Waals surface area contributed by atoms with Crippen LogP contribution in [-0.4, -0.2) is 32.0 Å². The first-order valence-corrected chi connectivity index (χ1v) is 13.8. The first kappa shape index (κ1) is 27.3. The van der Waals surface area contributed by atoms with Crippen molar-refractivity contribution in [3.63, 3.8) is 0 Å². The molecule has 0 saturated carbocycles. The second kappa shape index (κ2) is 10.7. The number of methoxy groups -OCH3 is 1. The largest absolute Gasteiger partial charge is 0.497 e. The second-order valence-electron chi connectivity index (χ2n) is 11.0. The zero-order valence-corrected chi connectivity index (χ0v) is 23.1. The molecule has 2 aliphatic heterocycles. The quantitative estimate of drug-likeness (QED) is 0.405. The smallest absolute Gasteiger partial charge is 0.418 e. The highest BCUT2D eigenvalue weighted by atomic mass is 19.4. The van der Waals surface area contributed by atoms with E-state index in [2.05, 4.69) is 4.90 Å². The van der Waals surface area contributed by atoms with E-state index in [9.17, 15) is 13.2 Å². The number of allylic oxidation sites excluding steroid dienone is 3. The number of ether oxygens (including phenoxy) is 1. The summed E-state index contributed by atoms with van der Waals surface area (Å²) >= 11 is 0. The average Bonchev–Trinajstić information content (AvgIpc) is 3.35. The lowest BCUT2D eigenvalue weighted by Gasteiger charge is -2.42. The number of anilines is 2. The maximum absolute atomic E-state index is 14.4. The molecule has 1 fully saturated rings. The second-order valence-corrected chi connectivity index (χ2v) is 11.0. The van der Waals surface area contributed by atoms with Crippen molar-refractivity contribution in [2.45, 2.75) is 65.1 Å². The van der Waals surface area contributed by atoms with Gasteiger partial charge in [-0.05, 0) is 105 Å². The molecule has 1 atom stereocenters. The van der Waals surface area contributed by atoms with Crippen molar-refractivity contribution < 1.29 is 17.9 Å². The fourth-order valence-electron chi connectivity index (χ4n) is 6.04. The summed E-state index contributed by atoms with van der Waals surface area (Å²) in [5.41, 5.74) is 11.7. The van der Waals surface area contributed by atoms with Crippen LogP contribution in [0.1, 0.15) is 62.6 Å². The molecule has 2 aromatic rings. The predicted octanol–water partition coefficient (Wildman–Crippen LogP) is 7.19. The van der Waals surface area contributed by atoms with Gasteiger partial charge in [0.05, 0.1) is 29.8 Å². The average molecular weight is 539 g/mol. The molecule has 8 heteroatoms. The van der Waals surface area contributed by atoms with Crippen LogP contribution in [0, 0.1) is 12.8 Å². The minimum absolute atomic E-state index is 0.0610. The Hall–Kier alpha value is -3.26. The van der Waals surface area contributed by atoms with Crippen molar-refractivity contribution in [1.82, 2.24) is 0 Å². The van der Waals surface area contributed by atoms with Gasteiger partial charge in [0.15, 0.2) is 0 Å². The maximum Gasteiger partial charge on any atom is 0.418 e. The van der Waals surface area contributed by atoms with Crippen LogP contribution >= 0.6 is 0 Å². The third kappa shape index (κ3) is 5.44. The molecule has 0 amide bonds. The summed E-state index contributed by atoms with van der Waals surface area (Å²) in [7, 11) is 1.62. The van der Waals surface area contributed by atoms with Gasteiger partial charge in [0.25, 0.3) is 0 Å². The molecule has 5 nitrogen and oxygen atoms in total. The van der Waals surface area contributed by atoms with Gasteiger partial charge in [0.1, 0.15) is 5.75 Å². The minimum atomic E-state index is -4.52. The van der Waals surface area contributed by atoms with Crippen molar-refractivity contribution in [1.29, 1.82) is 0 Å². The van der Waals surface area contributed by atoms with Crippen LogP contribution in [-0.2, 0) is 6.18 Å². The van der Waals surface area contributed by atoms with E-state index in [1.165, 1.54) is 6.07 Å². The summed E-state index contributed by atoms with van der Waals surface area (Å²) in [6.45, 7) is 7.55. The topological polar surface area (TPSA) is 54.1 Å². The number of hydrazone groups is 1. The van der Waals surface area contributed by atoms with E-state index >= 15 is 0 Å². The Balaban J connectivity index is 1.64. The summed E-state index contributed by atoms with van der Waals surface area (Å²) in [4.78, 5) is 2.13. The number of alkyl halides is 3. The van der Waals surface area contributed by atoms with E-state index in [0.717, 1.165) is 78.1 Å². The molecule has 0 radical (unpaired) electrons. The number of nitrogens with two attached hydrogens (primary N) is 1. The lowest BCUT2D eigenvalue weighted by molar-refractivity contribution is -0.137. The van der Waals surface area contributed by atoms with Crippen molar-refractivity contribution in [2.24, 2.45) is 16.8 Å². The Morgan fingerprint density at radius 2 is 1.87 bits per heavy atom. The molecule has 3 aliphatic rings. The number of nitrogens with zero attached hydrogens (tertiary/aromatic N) is 3. The number of benzene rings is 2. The summed E-state index contributed by atoms with van der Waals surface area (Å²) in [6.07, 6.45) is 1.69. The molecule has 2 N–H and O–H groups in total. The van der Waals surface area contributed by atoms with Crippen molar-refractivity contribution in [3.05, 3.63) is 76.0 Å². The van der Waals surface area contributed by atoms with Crippen molar-refractivity contribution >= 4 is 17.1 Å². The number of halogens is 3. The maximum atomic E-state index is 14.4. The lowest BCUT2D eigenvalue weighted by atomic mass is 9.92. The van der Waals surface area contributed by atoms with E-state index in [4.69, 9.17) is 15.6 Å². The molecule has 1 saturated heterocycles. The first-order chi connectivity index (χ1) is 18.6. The van der Waals surface area contributed by atoms with Gasteiger partial charge in [-0.1, -0.05) is 13.0 Å². The Kier molecular flexibility index (Phi) is 7.51. The fourth-order valence-corrected chi connectivity index (χ4v) is 6.04. The van der Waals surface area contributed by atoms with Crippen LogP contribution in [0.5, 0.6) is 5.75 Å². The Bertz CT molecular complexity index is 1340. The van der Waals surface area contributed by atoms with Gasteiger partial charge in [0, 0.05) is 30.4 Å². The van der Waals surface area contributed by atoms with Crippen molar-refractivity contribution in [3.8, 4) is 5.75 Å². The highest BCUT2D eigenvalue weighted by Gasteiger charge is 2.39. The molecule has 5 rings (SSSR count). The van der Waals surface area contributed by atoms with Gasteiger partial charge in [0.2, 0.25) is 0 Å². The number of rotatable bonds is 7. The van der Waals surface area contributed by atoms with Crippen molar-refractivity contribution in [2.75, 3.05) is 30.1 Å². The summed E-state index contributed by atoms with van der Waals surface area (Å²) in [6, 6.07) is 10.4. The predicted molar refractivity (Wildman–Crippen MR) is 151 cm³/mol. The third-order valence-corrected chi connectivity index (χ3v) is 7.74. The SMILES string of the molecule is CC/C=C1\C2=C(CCC2)C(c2cc(C)cc(OC)c2)=NN1c1cc(N2CC(CC(C)N)C2)ccc1C(F)(F)F. The summed E-state index contributed by atoms with van der Waals surface area (Å²) in [5.74, 6) is 1.15. The Labute approximate surface area is 228 Å². The van der Waals surface area contributed by atoms with Gasteiger partial charge in [-0.2, -0.15) is 18.3 Å². The van der Waals surface area contributed by atoms with E-state index < -0.39 is 11.7 Å². The number of hydrogen-bond donors (Lipinski definition) is 1. The molecule has 208 valence electrons. The van der Waals surface area contributed by atoms with Gasteiger partial charge in [-0.3, -0.25) is 0 Å². The Morgan fingerprint density at radius 3 is 2.54 bits per heavy atom. The number of hydrogen-bond acceptors (Lipinski definition) is 5. The monoisotopic (exact) mass is 538 g/mol. The Morgan fingerprint density at radius 1 is 1.13 bits per heavy atom. The van der Waals surface area contributed by atoms with E-state index in [-0.39, 0.29) is 11.7 Å². The van der Waals surface area contributed by atoms with Crippen LogP contribution in [0.4, 0.5) is 24.5 Å². The molecule has 0 spiro atoms. The van der Waals surface area contributed by atoms with E-state index in [0.29, 0.717) is 18.1 Å². The van der Waals surface area contributed by atoms with E-state index in [1.807, 2.05) is 45.0 Å². The summed E-state index contributed by atoms with van der Waals surface area (Å²) in [5, 5.41) is 6.53. The third-order valence-electron chi connectivity index (χ3n) is 7.74. The molecule has 0 bridgehead atoms. The van der Waals surface area contributed by atoms with Crippen LogP contribution in [0.15, 0.2) is 64.4 Å². The highest BCUT2D eigenvalue weighted by molar-refractivity contribution is 6.15. The molecule has 2 heterocycles. The molecule has 0 aromatic heterocycles. The summed E-state index contributed by atoms with van der Waals surface area (Å²) < 4.78 is 48.8. The molecule has 39 heavy (non-hydrogen) atoms. The molecule has 2 aromatic carbocycles. The van der Waals surface area contributed by atoms with Gasteiger partial charge < -0.3 is 15.4 Å². The minimum Gasteiger partial charge on any atom is -0.497 e. The number of aryl methyl sites for hydroxylation is 1. The van der Waals surface area contributed by atoms with Crippen LogP contribution in [0.25, 0.3) is 0 Å². The normalized spacial score (nSPS) is 19.8. The van der Waals surface area contributed by atoms with Gasteiger partial charge in [-0.25, -0.2) is 5.01 Å². The van der Waals surface area contributed by atoms with Gasteiger partial charge in [-0.15, -0.1) is 0 Å². The van der Waals surface area contributed by atoms with E-state index in [1.54, 1.807) is 24.3 Å². The zero-order valence-electron chi connectivity index (χ0n) is 23.1. The fraction of sp³-hybridized carbons (Fsp3) is 0.452.